The van der Waals surface area contributed by atoms with Gasteiger partial charge in [0.15, 0.2) is 5.82 Å². The zero-order valence-corrected chi connectivity index (χ0v) is 18.0. The van der Waals surface area contributed by atoms with Crippen molar-refractivity contribution in [3.05, 3.63) is 47.6 Å². The van der Waals surface area contributed by atoms with Gasteiger partial charge < -0.3 is 9.84 Å². The summed E-state index contributed by atoms with van der Waals surface area (Å²) in [5.41, 5.74) is 1.51. The van der Waals surface area contributed by atoms with E-state index in [0.29, 0.717) is 42.4 Å². The number of rotatable bonds is 8. The van der Waals surface area contributed by atoms with Gasteiger partial charge in [-0.15, -0.1) is 0 Å². The molecule has 4 saturated carbocycles. The highest BCUT2D eigenvalue weighted by Gasteiger charge is 2.53. The minimum absolute atomic E-state index is 0.125. The number of amides is 1. The minimum atomic E-state index is 0.125. The zero-order chi connectivity index (χ0) is 20.6. The average molecular weight is 408 g/mol. The molecule has 1 atom stereocenters. The molecule has 2 aromatic rings. The molecule has 0 spiro atoms. The van der Waals surface area contributed by atoms with E-state index in [0.717, 1.165) is 29.7 Å². The van der Waals surface area contributed by atoms with Crippen LogP contribution >= 0.6 is 0 Å². The summed E-state index contributed by atoms with van der Waals surface area (Å²) in [5.74, 6) is 4.08. The van der Waals surface area contributed by atoms with Gasteiger partial charge in [-0.25, -0.2) is 0 Å². The van der Waals surface area contributed by atoms with Crippen LogP contribution in [0.25, 0.3) is 0 Å². The third-order valence-electron chi connectivity index (χ3n) is 7.85. The second-order valence-electron chi connectivity index (χ2n) is 10.1. The second-order valence-corrected chi connectivity index (χ2v) is 10.1. The van der Waals surface area contributed by atoms with Gasteiger partial charge in [0.2, 0.25) is 11.8 Å². The van der Waals surface area contributed by atoms with Crippen molar-refractivity contribution < 1.29 is 9.32 Å². The van der Waals surface area contributed by atoms with Gasteiger partial charge in [0, 0.05) is 25.3 Å². The van der Waals surface area contributed by atoms with Gasteiger partial charge in [0.1, 0.15) is 0 Å². The van der Waals surface area contributed by atoms with E-state index < -0.39 is 0 Å². The van der Waals surface area contributed by atoms with E-state index in [1.54, 1.807) is 0 Å². The molecule has 160 valence electrons. The Bertz CT molecular complexity index is 840. The molecule has 1 N–H and O–H groups in total. The van der Waals surface area contributed by atoms with Gasteiger partial charge in [-0.05, 0) is 73.7 Å². The first-order chi connectivity index (χ1) is 14.6. The summed E-state index contributed by atoms with van der Waals surface area (Å²) in [5, 5.41) is 7.49. The second kappa shape index (κ2) is 8.16. The molecule has 4 aliphatic carbocycles. The number of aromatic nitrogens is 2. The number of nitrogens with zero attached hydrogens (tertiary/aromatic N) is 2. The van der Waals surface area contributed by atoms with E-state index >= 15 is 0 Å². The number of aryl methyl sites for hydroxylation is 1. The van der Waals surface area contributed by atoms with Crippen LogP contribution < -0.4 is 5.32 Å². The van der Waals surface area contributed by atoms with Crippen molar-refractivity contribution in [3.63, 3.8) is 0 Å². The first kappa shape index (κ1) is 19.8. The molecule has 0 unspecified atom stereocenters. The van der Waals surface area contributed by atoms with E-state index in [-0.39, 0.29) is 5.91 Å². The summed E-state index contributed by atoms with van der Waals surface area (Å²) in [6.07, 6.45) is 10.9. The lowest BCUT2D eigenvalue weighted by molar-refractivity contribution is -0.126. The summed E-state index contributed by atoms with van der Waals surface area (Å²) >= 11 is 0. The highest BCUT2D eigenvalue weighted by Crippen LogP contribution is 2.61. The number of benzene rings is 1. The van der Waals surface area contributed by atoms with Crippen molar-refractivity contribution in [3.8, 4) is 0 Å². The van der Waals surface area contributed by atoms with Crippen LogP contribution in [0.3, 0.4) is 0 Å². The molecule has 6 rings (SSSR count). The Hall–Kier alpha value is -2.17. The average Bonchev–Trinajstić information content (AvgIpc) is 3.17. The Kier molecular flexibility index (Phi) is 5.38. The van der Waals surface area contributed by atoms with E-state index in [1.165, 1.54) is 38.5 Å². The van der Waals surface area contributed by atoms with Crippen LogP contribution in [0.15, 0.2) is 34.9 Å². The topological polar surface area (TPSA) is 68.0 Å². The van der Waals surface area contributed by atoms with E-state index in [2.05, 4.69) is 34.5 Å². The van der Waals surface area contributed by atoms with Crippen molar-refractivity contribution in [2.24, 2.45) is 23.2 Å². The standard InChI is InChI=1S/C25H33N3O2/c1-2-21(25-14-18-10-19(15-25)12-20(11-18)16-25)26-23(29)8-9-24-27-22(28-30-24)13-17-6-4-3-5-7-17/h3-7,18-21H,2,8-16H2,1H3,(H,26,29)/t18?,19?,20?,21-,25?/m1/s1. The van der Waals surface area contributed by atoms with Gasteiger partial charge in [0.05, 0.1) is 0 Å². The molecule has 4 fully saturated rings. The fourth-order valence-corrected chi connectivity index (χ4v) is 7.02. The Balaban J connectivity index is 1.15. The third kappa shape index (κ3) is 4.03. The number of hydrogen-bond acceptors (Lipinski definition) is 4. The Morgan fingerprint density at radius 3 is 2.43 bits per heavy atom. The summed E-state index contributed by atoms with van der Waals surface area (Å²) in [4.78, 5) is 17.2. The molecule has 4 bridgehead atoms. The molecule has 1 heterocycles. The molecule has 4 aliphatic rings. The minimum Gasteiger partial charge on any atom is -0.353 e. The van der Waals surface area contributed by atoms with Crippen LogP contribution in [0.4, 0.5) is 0 Å². The van der Waals surface area contributed by atoms with Crippen molar-refractivity contribution in [2.75, 3.05) is 0 Å². The molecule has 5 nitrogen and oxygen atoms in total. The van der Waals surface area contributed by atoms with Gasteiger partial charge in [-0.3, -0.25) is 4.79 Å². The summed E-state index contributed by atoms with van der Waals surface area (Å²) in [6.45, 7) is 2.23. The number of hydrogen-bond donors (Lipinski definition) is 1. The highest BCUT2D eigenvalue weighted by atomic mass is 16.5. The monoisotopic (exact) mass is 407 g/mol. The van der Waals surface area contributed by atoms with Crippen molar-refractivity contribution >= 4 is 5.91 Å². The van der Waals surface area contributed by atoms with Crippen molar-refractivity contribution in [1.29, 1.82) is 0 Å². The van der Waals surface area contributed by atoms with Crippen molar-refractivity contribution in [1.82, 2.24) is 15.5 Å². The third-order valence-corrected chi connectivity index (χ3v) is 7.85. The Labute approximate surface area is 179 Å². The smallest absolute Gasteiger partial charge is 0.227 e. The van der Waals surface area contributed by atoms with Gasteiger partial charge in [-0.2, -0.15) is 4.98 Å². The summed E-state index contributed by atoms with van der Waals surface area (Å²) < 4.78 is 5.38. The Morgan fingerprint density at radius 2 is 1.80 bits per heavy atom. The van der Waals surface area contributed by atoms with Gasteiger partial charge in [0.25, 0.3) is 0 Å². The lowest BCUT2D eigenvalue weighted by atomic mass is 9.47. The fraction of sp³-hybridized carbons (Fsp3) is 0.640. The number of nitrogens with one attached hydrogen (secondary N) is 1. The first-order valence-corrected chi connectivity index (χ1v) is 11.8. The predicted molar refractivity (Wildman–Crippen MR) is 115 cm³/mol. The molecular formula is C25H33N3O2. The summed E-state index contributed by atoms with van der Waals surface area (Å²) in [7, 11) is 0. The summed E-state index contributed by atoms with van der Waals surface area (Å²) in [6, 6.07) is 10.4. The fourth-order valence-electron chi connectivity index (χ4n) is 7.02. The number of carbonyl (C=O) groups excluding carboxylic acids is 1. The molecule has 0 aliphatic heterocycles. The molecule has 0 saturated heterocycles. The molecule has 1 amide bonds. The lowest BCUT2D eigenvalue weighted by Crippen LogP contribution is -2.56. The molecule has 1 aromatic carbocycles. The molecule has 5 heteroatoms. The van der Waals surface area contributed by atoms with Crippen LogP contribution in [0.2, 0.25) is 0 Å². The molecule has 1 aromatic heterocycles. The number of carbonyl (C=O) groups is 1. The van der Waals surface area contributed by atoms with Crippen LogP contribution in [-0.4, -0.2) is 22.1 Å². The predicted octanol–water partition coefficient (Wildman–Crippen LogP) is 4.70. The Morgan fingerprint density at radius 1 is 1.13 bits per heavy atom. The van der Waals surface area contributed by atoms with E-state index in [9.17, 15) is 4.79 Å². The van der Waals surface area contributed by atoms with E-state index in [1.807, 2.05) is 18.2 Å². The zero-order valence-electron chi connectivity index (χ0n) is 18.0. The van der Waals surface area contributed by atoms with Crippen LogP contribution in [0.5, 0.6) is 0 Å². The van der Waals surface area contributed by atoms with Crippen LogP contribution in [0.1, 0.15) is 75.6 Å². The van der Waals surface area contributed by atoms with E-state index in [4.69, 9.17) is 4.52 Å². The first-order valence-electron chi connectivity index (χ1n) is 11.8. The quantitative estimate of drug-likeness (QED) is 0.688. The SMILES string of the molecule is CC[C@@H](NC(=O)CCc1nc(Cc2ccccc2)no1)C12CC3CC(CC(C3)C1)C2. The highest BCUT2D eigenvalue weighted by molar-refractivity contribution is 5.76. The molecular weight excluding hydrogens is 374 g/mol. The van der Waals surface area contributed by atoms with Crippen LogP contribution in [0, 0.1) is 23.2 Å². The van der Waals surface area contributed by atoms with Gasteiger partial charge >= 0.3 is 0 Å². The molecule has 30 heavy (non-hydrogen) atoms. The molecule has 0 radical (unpaired) electrons. The van der Waals surface area contributed by atoms with Crippen molar-refractivity contribution in [2.45, 2.75) is 77.2 Å². The largest absolute Gasteiger partial charge is 0.353 e. The van der Waals surface area contributed by atoms with Gasteiger partial charge in [-0.1, -0.05) is 42.4 Å². The normalized spacial score (nSPS) is 30.4. The maximum Gasteiger partial charge on any atom is 0.227 e. The maximum absolute atomic E-state index is 12.8. The van der Waals surface area contributed by atoms with Crippen LogP contribution in [-0.2, 0) is 17.6 Å². The lowest BCUT2D eigenvalue weighted by Gasteiger charge is -2.59. The maximum atomic E-state index is 12.8.